The molecule has 0 bridgehead atoms. The van der Waals surface area contributed by atoms with E-state index in [1.54, 1.807) is 6.92 Å². The highest BCUT2D eigenvalue weighted by molar-refractivity contribution is 7.53. The fourth-order valence-corrected chi connectivity index (χ4v) is 8.14. The van der Waals surface area contributed by atoms with Crippen molar-refractivity contribution in [2.24, 2.45) is 11.7 Å². The van der Waals surface area contributed by atoms with Crippen LogP contribution in [0, 0.1) is 5.92 Å². The molecular formula is C36H59N5O10P+. The van der Waals surface area contributed by atoms with Gasteiger partial charge < -0.3 is 36.4 Å². The van der Waals surface area contributed by atoms with Gasteiger partial charge in [0.2, 0.25) is 11.8 Å². The number of unbranched alkanes of at least 4 members (excludes halogenated alkanes) is 3. The van der Waals surface area contributed by atoms with Crippen molar-refractivity contribution in [2.45, 2.75) is 134 Å². The summed E-state index contributed by atoms with van der Waals surface area (Å²) < 4.78 is 24.1. The van der Waals surface area contributed by atoms with Gasteiger partial charge in [0.1, 0.15) is 24.5 Å². The monoisotopic (exact) mass is 752 g/mol. The molecule has 1 aliphatic heterocycles. The van der Waals surface area contributed by atoms with Gasteiger partial charge in [0.25, 0.3) is 0 Å². The standard InChI is InChI=1S/C36H58N5O10P/c1-3-4-21-31(52(48,49)51-30(20-8-10-22-37)34(44)41(36(46)47)24-13-14-26(41)2)40-33(43)29(39-32(42)28-17-12-18-28)19-9-11-23-38-35(45)50-25-27-15-6-5-7-16-27/h5-7,15-16,26,28-31H,3-4,8-14,17-25,37H2,1-2H3,(H4-,38,39,40,42,43,45,46,47,48,49)/p+1/t26-,29+,30?,31+,41?/m1/s1. The molecule has 1 aromatic carbocycles. The Balaban J connectivity index is 1.70. The van der Waals surface area contributed by atoms with Crippen LogP contribution in [0.4, 0.5) is 9.59 Å². The predicted molar refractivity (Wildman–Crippen MR) is 194 cm³/mol. The number of imide groups is 1. The van der Waals surface area contributed by atoms with Gasteiger partial charge in [0.05, 0.1) is 6.54 Å². The van der Waals surface area contributed by atoms with Crippen LogP contribution in [0.1, 0.15) is 109 Å². The average molecular weight is 753 g/mol. The number of ether oxygens (including phenoxy) is 1. The number of likely N-dealkylation sites (tertiary alicyclic amines) is 1. The van der Waals surface area contributed by atoms with E-state index in [4.69, 9.17) is 15.0 Å². The highest BCUT2D eigenvalue weighted by Gasteiger charge is 2.56. The molecule has 3 rings (SSSR count). The van der Waals surface area contributed by atoms with E-state index in [2.05, 4.69) is 16.0 Å². The normalized spacial score (nSPS) is 21.5. The molecule has 52 heavy (non-hydrogen) atoms. The van der Waals surface area contributed by atoms with Gasteiger partial charge in [-0.05, 0) is 76.8 Å². The quantitative estimate of drug-likeness (QED) is 0.0531. The Morgan fingerprint density at radius 1 is 0.962 bits per heavy atom. The summed E-state index contributed by atoms with van der Waals surface area (Å²) in [5.41, 5.74) is 6.51. The van der Waals surface area contributed by atoms with Gasteiger partial charge in [0, 0.05) is 25.3 Å². The minimum absolute atomic E-state index is 0.0110. The number of hydrogen-bond acceptors (Lipinski definition) is 9. The second-order valence-electron chi connectivity index (χ2n) is 14.0. The summed E-state index contributed by atoms with van der Waals surface area (Å²) >= 11 is 0. The smallest absolute Gasteiger partial charge is 0.445 e. The molecule has 1 heterocycles. The summed E-state index contributed by atoms with van der Waals surface area (Å²) in [4.78, 5) is 76.7. The van der Waals surface area contributed by atoms with Crippen LogP contribution in [0.25, 0.3) is 0 Å². The van der Waals surface area contributed by atoms with Crippen molar-refractivity contribution in [2.75, 3.05) is 19.6 Å². The molecule has 16 heteroatoms. The van der Waals surface area contributed by atoms with Gasteiger partial charge in [-0.2, -0.15) is 9.28 Å². The van der Waals surface area contributed by atoms with Gasteiger partial charge in [-0.1, -0.05) is 56.5 Å². The van der Waals surface area contributed by atoms with E-state index in [0.717, 1.165) is 12.0 Å². The minimum Gasteiger partial charge on any atom is -0.445 e. The average Bonchev–Trinajstić information content (AvgIpc) is 3.49. The number of carboxylic acid groups (broad SMARTS) is 1. The van der Waals surface area contributed by atoms with Gasteiger partial charge in [-0.15, -0.1) is 0 Å². The van der Waals surface area contributed by atoms with Crippen molar-refractivity contribution in [3.63, 3.8) is 0 Å². The molecule has 0 radical (unpaired) electrons. The van der Waals surface area contributed by atoms with Gasteiger partial charge in [-0.3, -0.25) is 18.7 Å². The van der Waals surface area contributed by atoms with Crippen molar-refractivity contribution in [3.8, 4) is 0 Å². The molecule has 2 fully saturated rings. The number of nitrogens with zero attached hydrogens (tertiary/aromatic N) is 1. The molecular weight excluding hydrogens is 693 g/mol. The molecule has 2 aliphatic rings. The van der Waals surface area contributed by atoms with E-state index in [0.29, 0.717) is 70.8 Å². The number of nitrogens with one attached hydrogen (secondary N) is 3. The number of benzene rings is 1. The lowest BCUT2D eigenvalue weighted by atomic mass is 9.84. The van der Waals surface area contributed by atoms with Crippen LogP contribution in [0.15, 0.2) is 30.3 Å². The van der Waals surface area contributed by atoms with Crippen LogP contribution in [-0.4, -0.2) is 88.0 Å². The fraction of sp³-hybridized carbons (Fsp3) is 0.694. The van der Waals surface area contributed by atoms with Crippen LogP contribution in [0.5, 0.6) is 0 Å². The lowest BCUT2D eigenvalue weighted by molar-refractivity contribution is -0.794. The Labute approximate surface area is 306 Å². The largest absolute Gasteiger partial charge is 0.521 e. The Morgan fingerprint density at radius 2 is 1.67 bits per heavy atom. The topological polar surface area (TPSA) is 223 Å². The molecule has 6 atom stereocenters. The van der Waals surface area contributed by atoms with Crippen molar-refractivity contribution in [3.05, 3.63) is 35.9 Å². The molecule has 1 aromatic rings. The highest BCUT2D eigenvalue weighted by atomic mass is 31.2. The number of rotatable bonds is 22. The zero-order chi connectivity index (χ0) is 38.1. The molecule has 292 valence electrons. The molecule has 5 amide bonds. The third kappa shape index (κ3) is 12.4. The molecule has 1 aliphatic carbocycles. The van der Waals surface area contributed by atoms with E-state index >= 15 is 0 Å². The number of carbonyl (C=O) groups is 5. The summed E-state index contributed by atoms with van der Waals surface area (Å²) in [7, 11) is -4.79. The number of carbonyl (C=O) groups excluding carboxylic acids is 4. The van der Waals surface area contributed by atoms with Crippen molar-refractivity contribution in [1.29, 1.82) is 0 Å². The summed E-state index contributed by atoms with van der Waals surface area (Å²) in [5.74, 6) is -3.36. The first-order chi connectivity index (χ1) is 24.8. The minimum atomic E-state index is -4.79. The van der Waals surface area contributed by atoms with Crippen LogP contribution >= 0.6 is 7.60 Å². The maximum atomic E-state index is 14.0. The first kappa shape index (κ1) is 43.0. The maximum Gasteiger partial charge on any atom is 0.521 e. The van der Waals surface area contributed by atoms with Gasteiger partial charge in [0.15, 0.2) is 6.10 Å². The Kier molecular flexibility index (Phi) is 17.7. The summed E-state index contributed by atoms with van der Waals surface area (Å²) in [6.45, 7) is 4.30. The van der Waals surface area contributed by atoms with E-state index in [1.807, 2.05) is 37.3 Å². The summed E-state index contributed by atoms with van der Waals surface area (Å²) in [6.07, 6.45) is 2.98. The van der Waals surface area contributed by atoms with E-state index in [-0.39, 0.29) is 50.8 Å². The molecule has 1 saturated carbocycles. The molecule has 15 nitrogen and oxygen atoms in total. The fourth-order valence-electron chi connectivity index (χ4n) is 6.64. The zero-order valence-electron chi connectivity index (χ0n) is 30.6. The SMILES string of the molecule is CCCC[C@@H](NC(=O)[C@H](CCCCNC(=O)OCc1ccccc1)NC(=O)C1CCC1)P(=O)(O)OC(CCCCN)C(=O)[N+]1(C(=O)O)CCC[C@H]1C. The number of nitrogens with two attached hydrogens (primary N) is 1. The second-order valence-corrected chi connectivity index (χ2v) is 15.9. The van der Waals surface area contributed by atoms with Crippen molar-refractivity contribution in [1.82, 2.24) is 16.0 Å². The summed E-state index contributed by atoms with van der Waals surface area (Å²) in [6, 6.07) is 7.67. The Hall–Kier alpha value is -3.36. The van der Waals surface area contributed by atoms with Crippen LogP contribution < -0.4 is 21.7 Å². The lowest BCUT2D eigenvalue weighted by Gasteiger charge is -2.34. The number of hydrogen-bond donors (Lipinski definition) is 6. The molecule has 1 saturated heterocycles. The Bertz CT molecular complexity index is 1380. The Morgan fingerprint density at radius 3 is 2.27 bits per heavy atom. The van der Waals surface area contributed by atoms with Gasteiger partial charge in [-0.25, -0.2) is 9.59 Å². The summed E-state index contributed by atoms with van der Waals surface area (Å²) in [5, 5.41) is 18.3. The zero-order valence-corrected chi connectivity index (χ0v) is 31.5. The third-order valence-corrected chi connectivity index (χ3v) is 11.9. The van der Waals surface area contributed by atoms with Crippen LogP contribution in [0.3, 0.4) is 0 Å². The van der Waals surface area contributed by atoms with Gasteiger partial charge >= 0.3 is 25.7 Å². The molecule has 3 unspecified atom stereocenters. The van der Waals surface area contributed by atoms with Crippen molar-refractivity contribution >= 4 is 37.5 Å². The van der Waals surface area contributed by atoms with Crippen LogP contribution in [0.2, 0.25) is 0 Å². The number of alkyl carbamates (subject to hydrolysis) is 1. The predicted octanol–water partition coefficient (Wildman–Crippen LogP) is 4.90. The first-order valence-corrected chi connectivity index (χ1v) is 20.4. The second kappa shape index (κ2) is 21.4. The van der Waals surface area contributed by atoms with E-state index < -0.39 is 60.1 Å². The van der Waals surface area contributed by atoms with E-state index in [9.17, 15) is 38.5 Å². The number of quaternary nitrogens is 1. The first-order valence-electron chi connectivity index (χ1n) is 18.8. The highest BCUT2D eigenvalue weighted by Crippen LogP contribution is 2.51. The van der Waals surface area contributed by atoms with E-state index in [1.165, 1.54) is 0 Å². The van der Waals surface area contributed by atoms with Crippen molar-refractivity contribution < 1.29 is 52.3 Å². The molecule has 0 aromatic heterocycles. The number of amides is 5. The molecule has 7 N–H and O–H groups in total. The lowest BCUT2D eigenvalue weighted by Crippen LogP contribution is -2.62. The molecule has 0 spiro atoms. The van der Waals surface area contributed by atoms with Crippen LogP contribution in [-0.2, 0) is 34.8 Å². The maximum absolute atomic E-state index is 14.0. The third-order valence-electron chi connectivity index (χ3n) is 10.1.